The summed E-state index contributed by atoms with van der Waals surface area (Å²) in [5, 5.41) is 9.96. The molecule has 0 bridgehead atoms. The molecule has 24 heavy (non-hydrogen) atoms. The van der Waals surface area contributed by atoms with Gasteiger partial charge in [0.15, 0.2) is 0 Å². The predicted molar refractivity (Wildman–Crippen MR) is 96.9 cm³/mol. The zero-order valence-electron chi connectivity index (χ0n) is 14.7. The number of ether oxygens (including phenoxy) is 2. The Hall–Kier alpha value is -2.04. The second-order valence-corrected chi connectivity index (χ2v) is 6.19. The molecule has 0 saturated heterocycles. The molecule has 0 aromatic heterocycles. The van der Waals surface area contributed by atoms with Crippen LogP contribution in [0.3, 0.4) is 0 Å². The summed E-state index contributed by atoms with van der Waals surface area (Å²) in [6, 6.07) is 16.1. The third kappa shape index (κ3) is 5.87. The van der Waals surface area contributed by atoms with Gasteiger partial charge in [0.25, 0.3) is 0 Å². The first kappa shape index (κ1) is 18.3. The lowest BCUT2D eigenvalue weighted by atomic mass is 10.0. The summed E-state index contributed by atoms with van der Waals surface area (Å²) in [6.07, 6.45) is 1.30. The van der Waals surface area contributed by atoms with E-state index in [0.29, 0.717) is 13.2 Å². The summed E-state index contributed by atoms with van der Waals surface area (Å²) in [7, 11) is 5.55. The minimum absolute atomic E-state index is 0.300. The Kier molecular flexibility index (Phi) is 7.09. The van der Waals surface area contributed by atoms with E-state index in [2.05, 4.69) is 18.2 Å². The number of likely N-dealkylation sites (N-methyl/N-ethyl adjacent to an activating group) is 1. The fraction of sp³-hybridized carbons (Fsp3) is 0.400. The fourth-order valence-corrected chi connectivity index (χ4v) is 2.62. The standard InChI is InChI=1S/C20H27NO3/c1-21(2)14-18(22)15-24-20-10-5-4-8-17(20)12-11-16-7-6-9-19(13-16)23-3/h4-10,13,18,22H,11-12,14-15H2,1-3H3/t18-/m0/s1. The maximum absolute atomic E-state index is 9.96. The van der Waals surface area contributed by atoms with Gasteiger partial charge < -0.3 is 19.5 Å². The van der Waals surface area contributed by atoms with Crippen molar-refractivity contribution >= 4 is 0 Å². The number of aryl methyl sites for hydroxylation is 2. The van der Waals surface area contributed by atoms with Gasteiger partial charge in [0, 0.05) is 6.54 Å². The van der Waals surface area contributed by atoms with Gasteiger partial charge in [-0.2, -0.15) is 0 Å². The second-order valence-electron chi connectivity index (χ2n) is 6.19. The van der Waals surface area contributed by atoms with Crippen LogP contribution in [0, 0.1) is 0 Å². The van der Waals surface area contributed by atoms with Crippen LogP contribution in [0.5, 0.6) is 11.5 Å². The summed E-state index contributed by atoms with van der Waals surface area (Å²) < 4.78 is 11.1. The molecule has 0 aliphatic carbocycles. The Bertz CT molecular complexity index is 628. The fourth-order valence-electron chi connectivity index (χ4n) is 2.62. The summed E-state index contributed by atoms with van der Waals surface area (Å²) in [6.45, 7) is 0.889. The van der Waals surface area contributed by atoms with Crippen molar-refractivity contribution in [1.29, 1.82) is 0 Å². The number of aliphatic hydroxyl groups excluding tert-OH is 1. The van der Waals surface area contributed by atoms with Crippen molar-refractivity contribution in [1.82, 2.24) is 4.90 Å². The van der Waals surface area contributed by atoms with E-state index in [0.717, 1.165) is 29.9 Å². The second kappa shape index (κ2) is 9.30. The molecule has 130 valence electrons. The molecule has 2 aromatic rings. The van der Waals surface area contributed by atoms with Gasteiger partial charge >= 0.3 is 0 Å². The third-order valence-corrected chi connectivity index (χ3v) is 3.80. The molecule has 4 nitrogen and oxygen atoms in total. The minimum atomic E-state index is -0.494. The Morgan fingerprint density at radius 1 is 1.04 bits per heavy atom. The van der Waals surface area contributed by atoms with Gasteiger partial charge in [0.05, 0.1) is 7.11 Å². The highest BCUT2D eigenvalue weighted by molar-refractivity contribution is 5.35. The normalized spacial score (nSPS) is 12.2. The van der Waals surface area contributed by atoms with Gasteiger partial charge in [-0.15, -0.1) is 0 Å². The topological polar surface area (TPSA) is 41.9 Å². The first-order chi connectivity index (χ1) is 11.6. The van der Waals surface area contributed by atoms with Crippen molar-refractivity contribution < 1.29 is 14.6 Å². The van der Waals surface area contributed by atoms with E-state index in [4.69, 9.17) is 9.47 Å². The molecule has 0 saturated carbocycles. The maximum Gasteiger partial charge on any atom is 0.122 e. The number of para-hydroxylation sites is 1. The SMILES string of the molecule is COc1cccc(CCc2ccccc2OC[C@@H](O)CN(C)C)c1. The number of methoxy groups -OCH3 is 1. The van der Waals surface area contributed by atoms with Crippen LogP contribution in [0.4, 0.5) is 0 Å². The van der Waals surface area contributed by atoms with Crippen molar-refractivity contribution in [2.75, 3.05) is 34.4 Å². The van der Waals surface area contributed by atoms with Crippen LogP contribution < -0.4 is 9.47 Å². The molecule has 0 aliphatic heterocycles. The molecule has 2 aromatic carbocycles. The van der Waals surface area contributed by atoms with E-state index in [-0.39, 0.29) is 0 Å². The van der Waals surface area contributed by atoms with E-state index in [1.807, 2.05) is 49.3 Å². The van der Waals surface area contributed by atoms with E-state index in [1.165, 1.54) is 5.56 Å². The van der Waals surface area contributed by atoms with Gasteiger partial charge in [-0.1, -0.05) is 30.3 Å². The highest BCUT2D eigenvalue weighted by Gasteiger charge is 2.09. The average molecular weight is 329 g/mol. The molecular formula is C20H27NO3. The molecule has 2 rings (SSSR count). The largest absolute Gasteiger partial charge is 0.497 e. The predicted octanol–water partition coefficient (Wildman–Crippen LogP) is 2.78. The molecule has 1 N–H and O–H groups in total. The lowest BCUT2D eigenvalue weighted by Gasteiger charge is -2.18. The molecule has 1 atom stereocenters. The lowest BCUT2D eigenvalue weighted by molar-refractivity contribution is 0.0827. The van der Waals surface area contributed by atoms with Crippen molar-refractivity contribution in [3.8, 4) is 11.5 Å². The molecule has 0 heterocycles. The number of rotatable bonds is 9. The minimum Gasteiger partial charge on any atom is -0.497 e. The van der Waals surface area contributed by atoms with Crippen LogP contribution in [0.2, 0.25) is 0 Å². The van der Waals surface area contributed by atoms with Crippen LogP contribution >= 0.6 is 0 Å². The number of aliphatic hydroxyl groups is 1. The summed E-state index contributed by atoms with van der Waals surface area (Å²) in [5.41, 5.74) is 2.38. The highest BCUT2D eigenvalue weighted by atomic mass is 16.5. The molecule has 0 radical (unpaired) electrons. The first-order valence-electron chi connectivity index (χ1n) is 8.25. The molecular weight excluding hydrogens is 302 g/mol. The molecule has 0 amide bonds. The van der Waals surface area contributed by atoms with E-state index >= 15 is 0 Å². The Morgan fingerprint density at radius 2 is 1.83 bits per heavy atom. The zero-order valence-corrected chi connectivity index (χ0v) is 14.7. The van der Waals surface area contributed by atoms with Crippen LogP contribution in [0.1, 0.15) is 11.1 Å². The van der Waals surface area contributed by atoms with Gasteiger partial charge in [-0.05, 0) is 56.3 Å². The Labute approximate surface area is 144 Å². The summed E-state index contributed by atoms with van der Waals surface area (Å²) >= 11 is 0. The molecule has 0 unspecified atom stereocenters. The third-order valence-electron chi connectivity index (χ3n) is 3.80. The molecule has 4 heteroatoms. The van der Waals surface area contributed by atoms with Crippen LogP contribution in [0.25, 0.3) is 0 Å². The number of benzene rings is 2. The molecule has 0 aliphatic rings. The van der Waals surface area contributed by atoms with E-state index < -0.39 is 6.10 Å². The quantitative estimate of drug-likeness (QED) is 0.768. The smallest absolute Gasteiger partial charge is 0.122 e. The Balaban J connectivity index is 1.95. The van der Waals surface area contributed by atoms with Crippen LogP contribution in [-0.2, 0) is 12.8 Å². The van der Waals surface area contributed by atoms with Crippen molar-refractivity contribution in [2.24, 2.45) is 0 Å². The van der Waals surface area contributed by atoms with Crippen molar-refractivity contribution in [2.45, 2.75) is 18.9 Å². The summed E-state index contributed by atoms with van der Waals surface area (Å²) in [5.74, 6) is 1.72. The van der Waals surface area contributed by atoms with Crippen molar-refractivity contribution in [3.63, 3.8) is 0 Å². The molecule has 0 fully saturated rings. The van der Waals surface area contributed by atoms with E-state index in [9.17, 15) is 5.11 Å². The lowest BCUT2D eigenvalue weighted by Crippen LogP contribution is -2.30. The van der Waals surface area contributed by atoms with Crippen LogP contribution in [-0.4, -0.2) is 50.5 Å². The first-order valence-corrected chi connectivity index (χ1v) is 8.25. The van der Waals surface area contributed by atoms with E-state index in [1.54, 1.807) is 7.11 Å². The maximum atomic E-state index is 9.96. The van der Waals surface area contributed by atoms with Gasteiger partial charge in [-0.25, -0.2) is 0 Å². The van der Waals surface area contributed by atoms with Gasteiger partial charge in [-0.3, -0.25) is 0 Å². The average Bonchev–Trinajstić information content (AvgIpc) is 2.58. The highest BCUT2D eigenvalue weighted by Crippen LogP contribution is 2.21. The van der Waals surface area contributed by atoms with Crippen LogP contribution in [0.15, 0.2) is 48.5 Å². The molecule has 0 spiro atoms. The number of hydrogen-bond donors (Lipinski definition) is 1. The zero-order chi connectivity index (χ0) is 17.4. The number of hydrogen-bond acceptors (Lipinski definition) is 4. The summed E-state index contributed by atoms with van der Waals surface area (Å²) in [4.78, 5) is 1.95. The Morgan fingerprint density at radius 3 is 2.58 bits per heavy atom. The van der Waals surface area contributed by atoms with Crippen molar-refractivity contribution in [3.05, 3.63) is 59.7 Å². The van der Waals surface area contributed by atoms with Gasteiger partial charge in [0.1, 0.15) is 24.2 Å². The number of nitrogens with zero attached hydrogens (tertiary/aromatic N) is 1. The monoisotopic (exact) mass is 329 g/mol. The van der Waals surface area contributed by atoms with Gasteiger partial charge in [0.2, 0.25) is 0 Å².